The van der Waals surface area contributed by atoms with Crippen LogP contribution in [0.1, 0.15) is 11.3 Å². The van der Waals surface area contributed by atoms with Crippen LogP contribution in [0.25, 0.3) is 16.9 Å². The van der Waals surface area contributed by atoms with Crippen LogP contribution in [0.2, 0.25) is 10.0 Å². The number of rotatable bonds is 4. The van der Waals surface area contributed by atoms with Crippen LogP contribution >= 0.6 is 23.2 Å². The number of benzene rings is 2. The van der Waals surface area contributed by atoms with Gasteiger partial charge in [-0.05, 0) is 61.0 Å². The van der Waals surface area contributed by atoms with E-state index in [-0.39, 0.29) is 0 Å². The van der Waals surface area contributed by atoms with E-state index in [1.165, 1.54) is 0 Å². The lowest BCUT2D eigenvalue weighted by atomic mass is 10.1. The fraction of sp³-hybridized carbons (Fsp3) is 0.158. The molecule has 1 aromatic heterocycles. The minimum Gasteiger partial charge on any atom is -0.497 e. The predicted molar refractivity (Wildman–Crippen MR) is 100 cm³/mol. The third-order valence-corrected chi connectivity index (χ3v) is 4.66. The fourth-order valence-corrected chi connectivity index (χ4v) is 3.33. The Bertz CT molecular complexity index is 870. The van der Waals surface area contributed by atoms with Gasteiger partial charge < -0.3 is 15.0 Å². The molecule has 3 aromatic rings. The summed E-state index contributed by atoms with van der Waals surface area (Å²) >= 11 is 12.5. The minimum absolute atomic E-state index is 0.465. The van der Waals surface area contributed by atoms with Crippen molar-refractivity contribution in [2.45, 2.75) is 13.5 Å². The van der Waals surface area contributed by atoms with E-state index in [1.54, 1.807) is 13.2 Å². The lowest BCUT2D eigenvalue weighted by Crippen LogP contribution is -2.02. The van der Waals surface area contributed by atoms with Crippen molar-refractivity contribution in [3.05, 3.63) is 69.8 Å². The first kappa shape index (κ1) is 16.9. The number of hydrogen-bond donors (Lipinski definition) is 1. The molecule has 0 aliphatic rings. The Kier molecular flexibility index (Phi) is 4.86. The molecule has 0 bridgehead atoms. The van der Waals surface area contributed by atoms with E-state index >= 15 is 0 Å². The predicted octanol–water partition coefficient (Wildman–Crippen LogP) is 5.23. The van der Waals surface area contributed by atoms with Crippen molar-refractivity contribution < 1.29 is 4.74 Å². The Morgan fingerprint density at radius 2 is 1.75 bits per heavy atom. The third kappa shape index (κ3) is 3.03. The average molecular weight is 361 g/mol. The lowest BCUT2D eigenvalue weighted by molar-refractivity contribution is 0.414. The Labute approximate surface area is 151 Å². The van der Waals surface area contributed by atoms with Crippen molar-refractivity contribution in [3.8, 4) is 22.7 Å². The van der Waals surface area contributed by atoms with Gasteiger partial charge in [0.1, 0.15) is 5.75 Å². The first-order chi connectivity index (χ1) is 11.5. The zero-order valence-electron chi connectivity index (χ0n) is 13.5. The van der Waals surface area contributed by atoms with Gasteiger partial charge in [-0.3, -0.25) is 0 Å². The third-order valence-electron chi connectivity index (χ3n) is 4.11. The molecule has 0 radical (unpaired) electrons. The molecule has 0 unspecified atom stereocenters. The summed E-state index contributed by atoms with van der Waals surface area (Å²) in [4.78, 5) is 0. The van der Waals surface area contributed by atoms with E-state index in [0.717, 1.165) is 34.0 Å². The van der Waals surface area contributed by atoms with Crippen molar-refractivity contribution in [2.75, 3.05) is 7.11 Å². The second kappa shape index (κ2) is 6.89. The van der Waals surface area contributed by atoms with E-state index in [9.17, 15) is 0 Å². The standard InChI is InChI=1S/C19H18Cl2N2O/c1-12-13(11-22)9-19(17-8-3-14(20)10-18(17)21)23(12)15-4-6-16(24-2)7-5-15/h3-10H,11,22H2,1-2H3. The van der Waals surface area contributed by atoms with E-state index in [2.05, 4.69) is 17.6 Å². The summed E-state index contributed by atoms with van der Waals surface area (Å²) in [7, 11) is 1.65. The molecule has 1 heterocycles. The van der Waals surface area contributed by atoms with Gasteiger partial charge in [0.25, 0.3) is 0 Å². The second-order valence-corrected chi connectivity index (χ2v) is 6.35. The Balaban J connectivity index is 2.22. The summed E-state index contributed by atoms with van der Waals surface area (Å²) in [5.74, 6) is 0.814. The molecule has 5 heteroatoms. The number of halogens is 2. The quantitative estimate of drug-likeness (QED) is 0.692. The zero-order valence-corrected chi connectivity index (χ0v) is 15.0. The summed E-state index contributed by atoms with van der Waals surface area (Å²) in [5.41, 5.74) is 11.0. The van der Waals surface area contributed by atoms with Crippen LogP contribution in [0.3, 0.4) is 0 Å². The van der Waals surface area contributed by atoms with Crippen LogP contribution in [-0.2, 0) is 6.54 Å². The maximum absolute atomic E-state index is 6.43. The fourth-order valence-electron chi connectivity index (χ4n) is 2.82. The largest absolute Gasteiger partial charge is 0.497 e. The maximum atomic E-state index is 6.43. The molecule has 24 heavy (non-hydrogen) atoms. The molecular weight excluding hydrogens is 343 g/mol. The van der Waals surface area contributed by atoms with Gasteiger partial charge in [-0.25, -0.2) is 0 Å². The van der Waals surface area contributed by atoms with Crippen molar-refractivity contribution in [1.29, 1.82) is 0 Å². The number of hydrogen-bond acceptors (Lipinski definition) is 2. The van der Waals surface area contributed by atoms with Gasteiger partial charge in [-0.2, -0.15) is 0 Å². The van der Waals surface area contributed by atoms with Gasteiger partial charge in [0.15, 0.2) is 0 Å². The number of nitrogens with zero attached hydrogens (tertiary/aromatic N) is 1. The molecule has 3 rings (SSSR count). The highest BCUT2D eigenvalue weighted by atomic mass is 35.5. The van der Waals surface area contributed by atoms with Gasteiger partial charge >= 0.3 is 0 Å². The lowest BCUT2D eigenvalue weighted by Gasteiger charge is -2.14. The van der Waals surface area contributed by atoms with Gasteiger partial charge in [0, 0.05) is 28.5 Å². The molecule has 0 saturated carbocycles. The summed E-state index contributed by atoms with van der Waals surface area (Å²) < 4.78 is 7.39. The first-order valence-corrected chi connectivity index (χ1v) is 8.32. The molecule has 3 nitrogen and oxygen atoms in total. The van der Waals surface area contributed by atoms with Crippen LogP contribution < -0.4 is 10.5 Å². The van der Waals surface area contributed by atoms with Crippen molar-refractivity contribution in [2.24, 2.45) is 5.73 Å². The molecule has 0 saturated heterocycles. The van der Waals surface area contributed by atoms with Crippen molar-refractivity contribution >= 4 is 23.2 Å². The zero-order chi connectivity index (χ0) is 17.3. The highest BCUT2D eigenvalue weighted by Gasteiger charge is 2.16. The van der Waals surface area contributed by atoms with Gasteiger partial charge in [0.2, 0.25) is 0 Å². The topological polar surface area (TPSA) is 40.2 Å². The van der Waals surface area contributed by atoms with Crippen molar-refractivity contribution in [3.63, 3.8) is 0 Å². The maximum Gasteiger partial charge on any atom is 0.119 e. The molecule has 2 aromatic carbocycles. The average Bonchev–Trinajstić information content (AvgIpc) is 2.91. The van der Waals surface area contributed by atoms with E-state index in [0.29, 0.717) is 16.6 Å². The highest BCUT2D eigenvalue weighted by Crippen LogP contribution is 2.35. The van der Waals surface area contributed by atoms with Gasteiger partial charge in [0.05, 0.1) is 17.8 Å². The number of aromatic nitrogens is 1. The van der Waals surface area contributed by atoms with Crippen molar-refractivity contribution in [1.82, 2.24) is 4.57 Å². The smallest absolute Gasteiger partial charge is 0.119 e. The second-order valence-electron chi connectivity index (χ2n) is 5.50. The van der Waals surface area contributed by atoms with E-state index in [1.807, 2.05) is 36.4 Å². The normalized spacial score (nSPS) is 10.9. The molecule has 0 fully saturated rings. The van der Waals surface area contributed by atoms with Gasteiger partial charge in [-0.1, -0.05) is 23.2 Å². The Morgan fingerprint density at radius 3 is 2.33 bits per heavy atom. The summed E-state index contributed by atoms with van der Waals surface area (Å²) in [6.07, 6.45) is 0. The molecule has 124 valence electrons. The molecule has 0 spiro atoms. The van der Waals surface area contributed by atoms with Crippen LogP contribution in [0.15, 0.2) is 48.5 Å². The Morgan fingerprint density at radius 1 is 1.04 bits per heavy atom. The van der Waals surface area contributed by atoms with E-state index in [4.69, 9.17) is 33.7 Å². The van der Waals surface area contributed by atoms with Crippen LogP contribution in [0, 0.1) is 6.92 Å². The number of methoxy groups -OCH3 is 1. The molecule has 0 atom stereocenters. The summed E-state index contributed by atoms with van der Waals surface area (Å²) in [6.45, 7) is 2.52. The Hall–Kier alpha value is -1.94. The summed E-state index contributed by atoms with van der Waals surface area (Å²) in [6, 6.07) is 15.5. The van der Waals surface area contributed by atoms with Crippen LogP contribution in [-0.4, -0.2) is 11.7 Å². The number of nitrogens with two attached hydrogens (primary N) is 1. The minimum atomic E-state index is 0.465. The SMILES string of the molecule is COc1ccc(-n2c(-c3ccc(Cl)cc3Cl)cc(CN)c2C)cc1. The monoisotopic (exact) mass is 360 g/mol. The van der Waals surface area contributed by atoms with E-state index < -0.39 is 0 Å². The first-order valence-electron chi connectivity index (χ1n) is 7.56. The summed E-state index contributed by atoms with van der Waals surface area (Å²) in [5, 5.41) is 1.22. The molecule has 2 N–H and O–H groups in total. The highest BCUT2D eigenvalue weighted by molar-refractivity contribution is 6.36. The van der Waals surface area contributed by atoms with Crippen LogP contribution in [0.4, 0.5) is 0 Å². The molecule has 0 aliphatic carbocycles. The molecule has 0 amide bonds. The molecular formula is C19H18Cl2N2O. The molecule has 0 aliphatic heterocycles. The van der Waals surface area contributed by atoms with Gasteiger partial charge in [-0.15, -0.1) is 0 Å². The van der Waals surface area contributed by atoms with Crippen LogP contribution in [0.5, 0.6) is 5.75 Å². The number of ether oxygens (including phenoxy) is 1.